The quantitative estimate of drug-likeness (QED) is 0.880. The summed E-state index contributed by atoms with van der Waals surface area (Å²) in [5, 5.41) is 0. The fourth-order valence-electron chi connectivity index (χ4n) is 2.47. The van der Waals surface area contributed by atoms with Gasteiger partial charge in [0.25, 0.3) is 0 Å². The minimum atomic E-state index is -0.780. The predicted octanol–water partition coefficient (Wildman–Crippen LogP) is 3.23. The molecule has 1 saturated heterocycles. The number of hydrogen-bond donors (Lipinski definition) is 1. The van der Waals surface area contributed by atoms with E-state index in [1.807, 2.05) is 6.92 Å². The van der Waals surface area contributed by atoms with Crippen LogP contribution in [0.25, 0.3) is 0 Å². The number of halogens is 2. The maximum atomic E-state index is 14.1. The lowest BCUT2D eigenvalue weighted by Crippen LogP contribution is -2.44. The molecule has 0 bridgehead atoms. The molecular formula is C14H19F2NO. The van der Waals surface area contributed by atoms with Crippen molar-refractivity contribution in [2.45, 2.75) is 44.8 Å². The van der Waals surface area contributed by atoms with Crippen LogP contribution in [-0.4, -0.2) is 12.2 Å². The number of nitrogens with two attached hydrogens (primary N) is 1. The van der Waals surface area contributed by atoms with E-state index in [-0.39, 0.29) is 5.56 Å². The Morgan fingerprint density at radius 3 is 2.67 bits per heavy atom. The van der Waals surface area contributed by atoms with Crippen LogP contribution >= 0.6 is 0 Å². The van der Waals surface area contributed by atoms with Gasteiger partial charge in [-0.2, -0.15) is 0 Å². The Balaban J connectivity index is 2.39. The summed E-state index contributed by atoms with van der Waals surface area (Å²) in [6, 6.07) is 1.91. The van der Waals surface area contributed by atoms with Crippen molar-refractivity contribution in [1.29, 1.82) is 0 Å². The van der Waals surface area contributed by atoms with Crippen LogP contribution in [0, 0.1) is 18.6 Å². The normalized spacial score (nSPS) is 26.1. The fourth-order valence-corrected chi connectivity index (χ4v) is 2.47. The third kappa shape index (κ3) is 2.27. The molecule has 0 radical (unpaired) electrons. The molecule has 1 aliphatic rings. The van der Waals surface area contributed by atoms with E-state index in [4.69, 9.17) is 10.5 Å². The van der Waals surface area contributed by atoms with Crippen molar-refractivity contribution in [3.05, 3.63) is 34.9 Å². The van der Waals surface area contributed by atoms with Crippen LogP contribution in [0.15, 0.2) is 12.1 Å². The van der Waals surface area contributed by atoms with E-state index >= 15 is 0 Å². The van der Waals surface area contributed by atoms with Gasteiger partial charge in [0.1, 0.15) is 11.6 Å². The van der Waals surface area contributed by atoms with Gasteiger partial charge in [0.2, 0.25) is 0 Å². The van der Waals surface area contributed by atoms with Gasteiger partial charge in [-0.25, -0.2) is 8.78 Å². The second-order valence-corrected chi connectivity index (χ2v) is 5.19. The van der Waals surface area contributed by atoms with Crippen LogP contribution in [0.3, 0.4) is 0 Å². The summed E-state index contributed by atoms with van der Waals surface area (Å²) in [7, 11) is 0. The highest BCUT2D eigenvalue weighted by Gasteiger charge is 2.38. The summed E-state index contributed by atoms with van der Waals surface area (Å²) in [5.74, 6) is -1.15. The Bertz CT molecular complexity index is 442. The Morgan fingerprint density at radius 1 is 1.33 bits per heavy atom. The Morgan fingerprint density at radius 2 is 2.06 bits per heavy atom. The molecule has 2 rings (SSSR count). The summed E-state index contributed by atoms with van der Waals surface area (Å²) >= 11 is 0. The number of aryl methyl sites for hydroxylation is 1. The van der Waals surface area contributed by atoms with E-state index in [1.54, 1.807) is 6.92 Å². The molecule has 1 heterocycles. The zero-order chi connectivity index (χ0) is 13.3. The largest absolute Gasteiger partial charge is 0.373 e. The summed E-state index contributed by atoms with van der Waals surface area (Å²) in [4.78, 5) is 0. The van der Waals surface area contributed by atoms with Gasteiger partial charge >= 0.3 is 0 Å². The molecule has 1 fully saturated rings. The second-order valence-electron chi connectivity index (χ2n) is 5.19. The molecule has 1 aromatic rings. The Labute approximate surface area is 106 Å². The molecule has 100 valence electrons. The summed E-state index contributed by atoms with van der Waals surface area (Å²) in [6.45, 7) is 4.03. The fraction of sp³-hybridized carbons (Fsp3) is 0.571. The van der Waals surface area contributed by atoms with Crippen LogP contribution in [0.2, 0.25) is 0 Å². The lowest BCUT2D eigenvalue weighted by Gasteiger charge is -2.39. The first-order valence-electron chi connectivity index (χ1n) is 6.30. The maximum Gasteiger partial charge on any atom is 0.133 e. The highest BCUT2D eigenvalue weighted by Crippen LogP contribution is 2.37. The van der Waals surface area contributed by atoms with Gasteiger partial charge in [0, 0.05) is 12.2 Å². The van der Waals surface area contributed by atoms with E-state index in [2.05, 4.69) is 0 Å². The molecule has 0 saturated carbocycles. The molecule has 2 unspecified atom stereocenters. The molecular weight excluding hydrogens is 236 g/mol. The van der Waals surface area contributed by atoms with E-state index in [1.165, 1.54) is 12.1 Å². The lowest BCUT2D eigenvalue weighted by molar-refractivity contribution is -0.0832. The Hall–Kier alpha value is -1.00. The zero-order valence-electron chi connectivity index (χ0n) is 10.8. The third-order valence-electron chi connectivity index (χ3n) is 3.79. The van der Waals surface area contributed by atoms with Gasteiger partial charge < -0.3 is 10.5 Å². The van der Waals surface area contributed by atoms with Crippen LogP contribution in [0.4, 0.5) is 8.78 Å². The number of benzene rings is 1. The third-order valence-corrected chi connectivity index (χ3v) is 3.79. The van der Waals surface area contributed by atoms with Gasteiger partial charge in [0.15, 0.2) is 0 Å². The first kappa shape index (κ1) is 13.4. The van der Waals surface area contributed by atoms with Crippen molar-refractivity contribution >= 4 is 0 Å². The van der Waals surface area contributed by atoms with Crippen LogP contribution in [0.5, 0.6) is 0 Å². The lowest BCUT2D eigenvalue weighted by atomic mass is 9.84. The standard InChI is InChI=1S/C14H19F2NO/c1-9-5-6-10(15)11(12(9)16)13(17)14(2)7-3-4-8-18-14/h5-6,13H,3-4,7-8,17H2,1-2H3. The monoisotopic (exact) mass is 255 g/mol. The molecule has 0 amide bonds. The van der Waals surface area contributed by atoms with E-state index in [0.717, 1.165) is 19.3 Å². The Kier molecular flexibility index (Phi) is 3.69. The SMILES string of the molecule is Cc1ccc(F)c(C(N)C2(C)CCCCO2)c1F. The second kappa shape index (κ2) is 4.94. The number of hydrogen-bond acceptors (Lipinski definition) is 2. The van der Waals surface area contributed by atoms with Crippen molar-refractivity contribution in [1.82, 2.24) is 0 Å². The number of ether oxygens (including phenoxy) is 1. The molecule has 1 aliphatic heterocycles. The van der Waals surface area contributed by atoms with Crippen LogP contribution in [0.1, 0.15) is 43.4 Å². The summed E-state index contributed by atoms with van der Waals surface area (Å²) in [5.41, 5.74) is 5.73. The molecule has 4 heteroatoms. The van der Waals surface area contributed by atoms with Crippen molar-refractivity contribution in [2.24, 2.45) is 5.73 Å². The van der Waals surface area contributed by atoms with Gasteiger partial charge in [-0.1, -0.05) is 6.07 Å². The van der Waals surface area contributed by atoms with Gasteiger partial charge in [-0.3, -0.25) is 0 Å². The van der Waals surface area contributed by atoms with Crippen molar-refractivity contribution in [3.8, 4) is 0 Å². The minimum Gasteiger partial charge on any atom is -0.373 e. The molecule has 1 aromatic carbocycles. The molecule has 2 N–H and O–H groups in total. The van der Waals surface area contributed by atoms with Gasteiger partial charge in [-0.05, 0) is 44.7 Å². The van der Waals surface area contributed by atoms with Crippen LogP contribution in [-0.2, 0) is 4.74 Å². The van der Waals surface area contributed by atoms with Gasteiger partial charge in [0.05, 0.1) is 11.6 Å². The molecule has 18 heavy (non-hydrogen) atoms. The average molecular weight is 255 g/mol. The first-order chi connectivity index (χ1) is 8.46. The molecule has 0 aliphatic carbocycles. The van der Waals surface area contributed by atoms with Gasteiger partial charge in [-0.15, -0.1) is 0 Å². The molecule has 0 spiro atoms. The number of rotatable bonds is 2. The predicted molar refractivity (Wildman–Crippen MR) is 66.2 cm³/mol. The first-order valence-corrected chi connectivity index (χ1v) is 6.30. The van der Waals surface area contributed by atoms with E-state index in [0.29, 0.717) is 12.2 Å². The smallest absolute Gasteiger partial charge is 0.133 e. The van der Waals surface area contributed by atoms with E-state index in [9.17, 15) is 8.78 Å². The highest BCUT2D eigenvalue weighted by molar-refractivity contribution is 5.31. The maximum absolute atomic E-state index is 14.1. The molecule has 2 nitrogen and oxygen atoms in total. The summed E-state index contributed by atoms with van der Waals surface area (Å²) in [6.07, 6.45) is 2.67. The van der Waals surface area contributed by atoms with Crippen molar-refractivity contribution in [3.63, 3.8) is 0 Å². The summed E-state index contributed by atoms with van der Waals surface area (Å²) < 4.78 is 33.6. The zero-order valence-corrected chi connectivity index (χ0v) is 10.8. The highest BCUT2D eigenvalue weighted by atomic mass is 19.1. The van der Waals surface area contributed by atoms with Crippen molar-refractivity contribution < 1.29 is 13.5 Å². The molecule has 0 aromatic heterocycles. The minimum absolute atomic E-state index is 0.0561. The van der Waals surface area contributed by atoms with Crippen molar-refractivity contribution in [2.75, 3.05) is 6.61 Å². The topological polar surface area (TPSA) is 35.2 Å². The van der Waals surface area contributed by atoms with Crippen LogP contribution < -0.4 is 5.73 Å². The molecule has 2 atom stereocenters. The van der Waals surface area contributed by atoms with E-state index < -0.39 is 23.3 Å². The average Bonchev–Trinajstić information content (AvgIpc) is 2.35.